The van der Waals surface area contributed by atoms with Crippen molar-refractivity contribution in [2.45, 2.75) is 18.8 Å². The second-order valence-electron chi connectivity index (χ2n) is 4.67. The molecule has 1 N–H and O–H groups in total. The van der Waals surface area contributed by atoms with Crippen LogP contribution < -0.4 is 5.32 Å². The van der Waals surface area contributed by atoms with Crippen LogP contribution in [0.3, 0.4) is 0 Å². The minimum absolute atomic E-state index is 0.539. The first kappa shape index (κ1) is 14.2. The van der Waals surface area contributed by atoms with Crippen LogP contribution in [0.25, 0.3) is 0 Å². The lowest BCUT2D eigenvalue weighted by molar-refractivity contribution is 0.580. The molecular weight excluding hydrogens is 300 g/mol. The SMILES string of the molecule is CNCC(CCc1ccc(Br)cn1)c1ccccc1. The summed E-state index contributed by atoms with van der Waals surface area (Å²) < 4.78 is 1.03. The second kappa shape index (κ2) is 7.41. The van der Waals surface area contributed by atoms with Gasteiger partial charge in [0.05, 0.1) is 0 Å². The summed E-state index contributed by atoms with van der Waals surface area (Å²) in [4.78, 5) is 4.44. The van der Waals surface area contributed by atoms with Crippen molar-refractivity contribution in [2.75, 3.05) is 13.6 Å². The number of aryl methyl sites for hydroxylation is 1. The van der Waals surface area contributed by atoms with Gasteiger partial charge in [0.1, 0.15) is 0 Å². The number of likely N-dealkylation sites (N-methyl/N-ethyl adjacent to an activating group) is 1. The summed E-state index contributed by atoms with van der Waals surface area (Å²) in [6, 6.07) is 14.8. The van der Waals surface area contributed by atoms with E-state index in [1.54, 1.807) is 0 Å². The third-order valence-electron chi connectivity index (χ3n) is 3.26. The first-order valence-electron chi connectivity index (χ1n) is 6.59. The fraction of sp³-hybridized carbons (Fsp3) is 0.312. The number of nitrogens with zero attached hydrogens (tertiary/aromatic N) is 1. The summed E-state index contributed by atoms with van der Waals surface area (Å²) >= 11 is 3.41. The van der Waals surface area contributed by atoms with Crippen molar-refractivity contribution in [1.29, 1.82) is 0 Å². The van der Waals surface area contributed by atoms with Gasteiger partial charge < -0.3 is 5.32 Å². The van der Waals surface area contributed by atoms with E-state index in [0.717, 1.165) is 29.6 Å². The van der Waals surface area contributed by atoms with Gasteiger partial charge in [0.25, 0.3) is 0 Å². The number of hydrogen-bond acceptors (Lipinski definition) is 2. The summed E-state index contributed by atoms with van der Waals surface area (Å²) in [5.41, 5.74) is 2.55. The van der Waals surface area contributed by atoms with Gasteiger partial charge in [0.15, 0.2) is 0 Å². The second-order valence-corrected chi connectivity index (χ2v) is 5.59. The summed E-state index contributed by atoms with van der Waals surface area (Å²) in [7, 11) is 2.01. The van der Waals surface area contributed by atoms with Crippen molar-refractivity contribution >= 4 is 15.9 Å². The van der Waals surface area contributed by atoms with E-state index in [0.29, 0.717) is 5.92 Å². The summed E-state index contributed by atoms with van der Waals surface area (Å²) in [5.74, 6) is 0.539. The molecule has 0 aliphatic rings. The molecule has 2 aromatic rings. The summed E-state index contributed by atoms with van der Waals surface area (Å²) in [6.07, 6.45) is 3.99. The first-order valence-corrected chi connectivity index (χ1v) is 7.39. The molecule has 0 saturated carbocycles. The van der Waals surface area contributed by atoms with E-state index in [-0.39, 0.29) is 0 Å². The van der Waals surface area contributed by atoms with E-state index >= 15 is 0 Å². The molecule has 0 fully saturated rings. The van der Waals surface area contributed by atoms with Crippen LogP contribution in [0.2, 0.25) is 0 Å². The summed E-state index contributed by atoms with van der Waals surface area (Å²) in [6.45, 7) is 1.00. The van der Waals surface area contributed by atoms with Gasteiger partial charge >= 0.3 is 0 Å². The number of benzene rings is 1. The Morgan fingerprint density at radius 3 is 2.58 bits per heavy atom. The Labute approximate surface area is 123 Å². The number of pyridine rings is 1. The van der Waals surface area contributed by atoms with Gasteiger partial charge in [-0.05, 0) is 59.4 Å². The average molecular weight is 319 g/mol. The molecule has 0 radical (unpaired) electrons. The Morgan fingerprint density at radius 1 is 1.16 bits per heavy atom. The molecule has 0 bridgehead atoms. The molecule has 0 amide bonds. The number of nitrogens with one attached hydrogen (secondary N) is 1. The molecule has 2 rings (SSSR count). The maximum atomic E-state index is 4.44. The molecule has 0 aliphatic carbocycles. The van der Waals surface area contributed by atoms with Crippen molar-refractivity contribution in [3.63, 3.8) is 0 Å². The van der Waals surface area contributed by atoms with E-state index in [2.05, 4.69) is 68.7 Å². The largest absolute Gasteiger partial charge is 0.319 e. The van der Waals surface area contributed by atoms with Crippen molar-refractivity contribution in [3.8, 4) is 0 Å². The van der Waals surface area contributed by atoms with Gasteiger partial charge in [-0.3, -0.25) is 4.98 Å². The van der Waals surface area contributed by atoms with Crippen LogP contribution in [-0.2, 0) is 6.42 Å². The van der Waals surface area contributed by atoms with Crippen LogP contribution in [0.1, 0.15) is 23.6 Å². The maximum Gasteiger partial charge on any atom is 0.0413 e. The topological polar surface area (TPSA) is 24.9 Å². The van der Waals surface area contributed by atoms with Gasteiger partial charge in [-0.1, -0.05) is 30.3 Å². The Bertz CT molecular complexity index is 482. The molecule has 0 aliphatic heterocycles. The van der Waals surface area contributed by atoms with Crippen LogP contribution in [0.5, 0.6) is 0 Å². The molecule has 3 heteroatoms. The van der Waals surface area contributed by atoms with Crippen molar-refractivity contribution in [1.82, 2.24) is 10.3 Å². The molecule has 1 unspecified atom stereocenters. The predicted molar refractivity (Wildman–Crippen MR) is 83.4 cm³/mol. The van der Waals surface area contributed by atoms with E-state index < -0.39 is 0 Å². The highest BCUT2D eigenvalue weighted by Gasteiger charge is 2.10. The number of halogens is 1. The number of hydrogen-bond donors (Lipinski definition) is 1. The third-order valence-corrected chi connectivity index (χ3v) is 3.73. The molecule has 1 aromatic heterocycles. The van der Waals surface area contributed by atoms with Crippen molar-refractivity contribution in [3.05, 3.63) is 64.4 Å². The Morgan fingerprint density at radius 2 is 1.95 bits per heavy atom. The van der Waals surface area contributed by atoms with Crippen LogP contribution in [0.4, 0.5) is 0 Å². The Kier molecular flexibility index (Phi) is 5.55. The number of aromatic nitrogens is 1. The lowest BCUT2D eigenvalue weighted by atomic mass is 9.93. The zero-order chi connectivity index (χ0) is 13.5. The zero-order valence-electron chi connectivity index (χ0n) is 11.1. The molecule has 2 nitrogen and oxygen atoms in total. The predicted octanol–water partition coefficient (Wildman–Crippen LogP) is 3.78. The number of rotatable bonds is 6. The third kappa shape index (κ3) is 4.44. The molecule has 1 atom stereocenters. The van der Waals surface area contributed by atoms with Gasteiger partial charge in [-0.2, -0.15) is 0 Å². The molecule has 1 heterocycles. The van der Waals surface area contributed by atoms with Gasteiger partial charge in [0, 0.05) is 22.9 Å². The van der Waals surface area contributed by atoms with Crippen LogP contribution in [-0.4, -0.2) is 18.6 Å². The highest BCUT2D eigenvalue weighted by Crippen LogP contribution is 2.21. The van der Waals surface area contributed by atoms with Crippen LogP contribution >= 0.6 is 15.9 Å². The minimum Gasteiger partial charge on any atom is -0.319 e. The van der Waals surface area contributed by atoms with Crippen molar-refractivity contribution < 1.29 is 0 Å². The van der Waals surface area contributed by atoms with Gasteiger partial charge in [-0.25, -0.2) is 0 Å². The normalized spacial score (nSPS) is 12.3. The first-order chi connectivity index (χ1) is 9.29. The molecule has 0 spiro atoms. The lowest BCUT2D eigenvalue weighted by Crippen LogP contribution is -2.18. The smallest absolute Gasteiger partial charge is 0.0413 e. The average Bonchev–Trinajstić information content (AvgIpc) is 2.46. The summed E-state index contributed by atoms with van der Waals surface area (Å²) in [5, 5.41) is 3.28. The standard InChI is InChI=1S/C16H19BrN2/c1-18-11-14(13-5-3-2-4-6-13)7-9-16-10-8-15(17)12-19-16/h2-6,8,10,12,14,18H,7,9,11H2,1H3. The van der Waals surface area contributed by atoms with E-state index in [1.807, 2.05) is 13.2 Å². The fourth-order valence-corrected chi connectivity index (χ4v) is 2.47. The Balaban J connectivity index is 1.99. The van der Waals surface area contributed by atoms with Gasteiger partial charge in [0.2, 0.25) is 0 Å². The molecular formula is C16H19BrN2. The molecule has 1 aromatic carbocycles. The molecule has 19 heavy (non-hydrogen) atoms. The van der Waals surface area contributed by atoms with Crippen LogP contribution in [0.15, 0.2) is 53.1 Å². The monoisotopic (exact) mass is 318 g/mol. The zero-order valence-corrected chi connectivity index (χ0v) is 12.7. The fourth-order valence-electron chi connectivity index (χ4n) is 2.23. The quantitative estimate of drug-likeness (QED) is 0.876. The van der Waals surface area contributed by atoms with Crippen molar-refractivity contribution in [2.24, 2.45) is 0 Å². The van der Waals surface area contributed by atoms with Crippen LogP contribution in [0, 0.1) is 0 Å². The van der Waals surface area contributed by atoms with E-state index in [9.17, 15) is 0 Å². The molecule has 0 saturated heterocycles. The van der Waals surface area contributed by atoms with E-state index in [1.165, 1.54) is 5.56 Å². The lowest BCUT2D eigenvalue weighted by Gasteiger charge is -2.16. The highest BCUT2D eigenvalue weighted by atomic mass is 79.9. The Hall–Kier alpha value is -1.19. The minimum atomic E-state index is 0.539. The van der Waals surface area contributed by atoms with Gasteiger partial charge in [-0.15, -0.1) is 0 Å². The molecule has 100 valence electrons. The maximum absolute atomic E-state index is 4.44. The highest BCUT2D eigenvalue weighted by molar-refractivity contribution is 9.10. The van der Waals surface area contributed by atoms with E-state index in [4.69, 9.17) is 0 Å².